The number of benzene rings is 1. The third-order valence-electron chi connectivity index (χ3n) is 7.12. The summed E-state index contributed by atoms with van der Waals surface area (Å²) in [5.41, 5.74) is 4.48. The van der Waals surface area contributed by atoms with Gasteiger partial charge < -0.3 is 29.1 Å². The molecule has 2 heterocycles. The van der Waals surface area contributed by atoms with E-state index >= 15 is 0 Å². The number of carbonyl (C=O) groups is 1. The summed E-state index contributed by atoms with van der Waals surface area (Å²) in [6, 6.07) is 7.78. The SMILES string of the molecule is CCc1cc(-c2noc(-c3cc(OC)nc(C4CCCC4)c3)n2)cc(C)c1OC[C@@H](O)CN(C)CCC(=O)O. The molecule has 0 aliphatic heterocycles. The largest absolute Gasteiger partial charge is 0.490 e. The van der Waals surface area contributed by atoms with Crippen LogP contribution in [0.5, 0.6) is 11.6 Å². The van der Waals surface area contributed by atoms with Crippen LogP contribution in [0.2, 0.25) is 0 Å². The second kappa shape index (κ2) is 13.0. The minimum Gasteiger partial charge on any atom is -0.490 e. The average Bonchev–Trinajstić information content (AvgIpc) is 3.64. The molecule has 0 bridgehead atoms. The molecule has 1 aliphatic carbocycles. The molecule has 0 saturated heterocycles. The molecule has 2 N–H and O–H groups in total. The van der Waals surface area contributed by atoms with E-state index in [-0.39, 0.29) is 13.0 Å². The lowest BCUT2D eigenvalue weighted by Gasteiger charge is -2.21. The molecule has 0 unspecified atom stereocenters. The van der Waals surface area contributed by atoms with Gasteiger partial charge in [0, 0.05) is 41.9 Å². The molecule has 4 rings (SSSR count). The summed E-state index contributed by atoms with van der Waals surface area (Å²) in [7, 11) is 3.39. The van der Waals surface area contributed by atoms with E-state index in [2.05, 4.69) is 15.1 Å². The number of aliphatic hydroxyl groups excluding tert-OH is 1. The molecule has 10 nitrogen and oxygen atoms in total. The minimum atomic E-state index is -0.862. The topological polar surface area (TPSA) is 131 Å². The second-order valence-electron chi connectivity index (χ2n) is 10.2. The van der Waals surface area contributed by atoms with Crippen LogP contribution in [0, 0.1) is 6.92 Å². The van der Waals surface area contributed by atoms with Gasteiger partial charge in [-0.15, -0.1) is 0 Å². The van der Waals surface area contributed by atoms with Gasteiger partial charge in [0.1, 0.15) is 18.5 Å². The van der Waals surface area contributed by atoms with Crippen molar-refractivity contribution < 1.29 is 29.0 Å². The monoisotopic (exact) mass is 538 g/mol. The number of aromatic nitrogens is 3. The zero-order chi connectivity index (χ0) is 27.9. The summed E-state index contributed by atoms with van der Waals surface area (Å²) < 4.78 is 17.1. The van der Waals surface area contributed by atoms with Crippen molar-refractivity contribution >= 4 is 5.97 Å². The maximum Gasteiger partial charge on any atom is 0.304 e. The fourth-order valence-electron chi connectivity index (χ4n) is 5.06. The summed E-state index contributed by atoms with van der Waals surface area (Å²) >= 11 is 0. The lowest BCUT2D eigenvalue weighted by Crippen LogP contribution is -2.34. The number of rotatable bonds is 13. The Morgan fingerprint density at radius 1 is 1.18 bits per heavy atom. The standard InChI is InChI=1S/C29H38N4O6/c1-5-19-13-21(12-18(2)27(19)38-17-23(34)16-33(3)11-10-26(35)36)28-31-29(39-32-28)22-14-24(20-8-6-7-9-20)30-25(15-22)37-4/h12-15,20,23,34H,5-11,16-17H2,1-4H3,(H,35,36)/t23-/m0/s1. The van der Waals surface area contributed by atoms with Gasteiger partial charge in [-0.2, -0.15) is 4.98 Å². The highest BCUT2D eigenvalue weighted by Gasteiger charge is 2.22. The van der Waals surface area contributed by atoms with Gasteiger partial charge in [-0.05, 0) is 62.6 Å². The number of methoxy groups -OCH3 is 1. The fraction of sp³-hybridized carbons (Fsp3) is 0.517. The van der Waals surface area contributed by atoms with E-state index < -0.39 is 12.1 Å². The first-order valence-electron chi connectivity index (χ1n) is 13.5. The molecule has 39 heavy (non-hydrogen) atoms. The minimum absolute atomic E-state index is 0.0266. The smallest absolute Gasteiger partial charge is 0.304 e. The van der Waals surface area contributed by atoms with Crippen LogP contribution in [0.25, 0.3) is 22.8 Å². The summed E-state index contributed by atoms with van der Waals surface area (Å²) in [6.45, 7) is 4.77. The summed E-state index contributed by atoms with van der Waals surface area (Å²) in [6.07, 6.45) is 4.67. The summed E-state index contributed by atoms with van der Waals surface area (Å²) in [4.78, 5) is 21.9. The summed E-state index contributed by atoms with van der Waals surface area (Å²) in [5.74, 6) is 1.71. The van der Waals surface area contributed by atoms with Gasteiger partial charge in [0.15, 0.2) is 0 Å². The number of pyridine rings is 1. The van der Waals surface area contributed by atoms with Gasteiger partial charge in [-0.3, -0.25) is 4.79 Å². The van der Waals surface area contributed by atoms with Crippen molar-refractivity contribution in [3.63, 3.8) is 0 Å². The molecule has 3 aromatic rings. The number of aliphatic carboxylic acids is 1. The van der Waals surface area contributed by atoms with E-state index in [1.165, 1.54) is 12.8 Å². The molecule has 1 aromatic carbocycles. The third kappa shape index (κ3) is 7.33. The number of likely N-dealkylation sites (N-methyl/N-ethyl adjacent to an activating group) is 1. The molecule has 0 amide bonds. The van der Waals surface area contributed by atoms with Gasteiger partial charge in [-0.1, -0.05) is 24.9 Å². The van der Waals surface area contributed by atoms with E-state index in [4.69, 9.17) is 19.1 Å². The molecular formula is C29H38N4O6. The van der Waals surface area contributed by atoms with Crippen LogP contribution in [-0.2, 0) is 11.2 Å². The molecule has 0 spiro atoms. The van der Waals surface area contributed by atoms with Gasteiger partial charge in [0.05, 0.1) is 13.5 Å². The number of carboxylic acid groups (broad SMARTS) is 1. The van der Waals surface area contributed by atoms with E-state index in [0.717, 1.165) is 53.0 Å². The Morgan fingerprint density at radius 2 is 1.95 bits per heavy atom. The molecule has 0 radical (unpaired) electrons. The van der Waals surface area contributed by atoms with Gasteiger partial charge >= 0.3 is 5.97 Å². The highest BCUT2D eigenvalue weighted by atomic mass is 16.5. The predicted octanol–water partition coefficient (Wildman–Crippen LogP) is 4.48. The van der Waals surface area contributed by atoms with Crippen LogP contribution < -0.4 is 9.47 Å². The van der Waals surface area contributed by atoms with Crippen LogP contribution in [0.3, 0.4) is 0 Å². The zero-order valence-corrected chi connectivity index (χ0v) is 23.1. The Hall–Kier alpha value is -3.50. The number of aryl methyl sites for hydroxylation is 2. The van der Waals surface area contributed by atoms with Crippen molar-refractivity contribution in [2.45, 2.75) is 64.4 Å². The number of hydrogen-bond acceptors (Lipinski definition) is 9. The fourth-order valence-corrected chi connectivity index (χ4v) is 5.06. The average molecular weight is 539 g/mol. The van der Waals surface area contributed by atoms with E-state index in [1.54, 1.807) is 19.1 Å². The van der Waals surface area contributed by atoms with Crippen LogP contribution >= 0.6 is 0 Å². The van der Waals surface area contributed by atoms with Gasteiger partial charge in [-0.25, -0.2) is 4.98 Å². The van der Waals surface area contributed by atoms with Crippen LogP contribution in [-0.4, -0.2) is 76.2 Å². The predicted molar refractivity (Wildman–Crippen MR) is 146 cm³/mol. The first kappa shape index (κ1) is 28.5. The lowest BCUT2D eigenvalue weighted by atomic mass is 10.0. The van der Waals surface area contributed by atoms with Crippen LogP contribution in [0.15, 0.2) is 28.8 Å². The summed E-state index contributed by atoms with van der Waals surface area (Å²) in [5, 5.41) is 23.5. The molecule has 2 aromatic heterocycles. The maximum atomic E-state index is 10.8. The molecule has 210 valence electrons. The second-order valence-corrected chi connectivity index (χ2v) is 10.2. The van der Waals surface area contributed by atoms with Crippen molar-refractivity contribution in [2.24, 2.45) is 0 Å². The third-order valence-corrected chi connectivity index (χ3v) is 7.12. The van der Waals surface area contributed by atoms with E-state index in [1.807, 2.05) is 38.1 Å². The number of nitrogens with zero attached hydrogens (tertiary/aromatic N) is 4. The van der Waals surface area contributed by atoms with Crippen molar-refractivity contribution in [3.8, 4) is 34.5 Å². The Kier molecular flexibility index (Phi) is 9.53. The van der Waals surface area contributed by atoms with Crippen molar-refractivity contribution in [1.29, 1.82) is 0 Å². The molecule has 1 saturated carbocycles. The first-order chi connectivity index (χ1) is 18.8. The number of hydrogen-bond donors (Lipinski definition) is 2. The van der Waals surface area contributed by atoms with Crippen molar-refractivity contribution in [3.05, 3.63) is 41.1 Å². The Balaban J connectivity index is 1.49. The molecule has 1 aliphatic rings. The Bertz CT molecular complexity index is 1270. The maximum absolute atomic E-state index is 10.8. The van der Waals surface area contributed by atoms with Gasteiger partial charge in [0.25, 0.3) is 5.89 Å². The number of ether oxygens (including phenoxy) is 2. The van der Waals surface area contributed by atoms with Crippen molar-refractivity contribution in [1.82, 2.24) is 20.0 Å². The van der Waals surface area contributed by atoms with E-state index in [0.29, 0.717) is 36.6 Å². The molecule has 1 fully saturated rings. The molecule has 1 atom stereocenters. The zero-order valence-electron chi connectivity index (χ0n) is 23.1. The normalized spacial score (nSPS) is 14.6. The Labute approximate surface area is 229 Å². The Morgan fingerprint density at radius 3 is 2.64 bits per heavy atom. The number of aliphatic hydroxyl groups is 1. The lowest BCUT2D eigenvalue weighted by molar-refractivity contribution is -0.137. The highest BCUT2D eigenvalue weighted by Crippen LogP contribution is 2.36. The van der Waals surface area contributed by atoms with Crippen LogP contribution in [0.4, 0.5) is 0 Å². The van der Waals surface area contributed by atoms with Crippen LogP contribution in [0.1, 0.15) is 61.8 Å². The van der Waals surface area contributed by atoms with Gasteiger partial charge in [0.2, 0.25) is 11.7 Å². The first-order valence-corrected chi connectivity index (χ1v) is 13.5. The van der Waals surface area contributed by atoms with E-state index in [9.17, 15) is 9.90 Å². The molecular weight excluding hydrogens is 500 g/mol. The molecule has 10 heteroatoms. The quantitative estimate of drug-likeness (QED) is 0.321. The van der Waals surface area contributed by atoms with Crippen molar-refractivity contribution in [2.75, 3.05) is 33.9 Å². The number of carboxylic acids is 1. The highest BCUT2D eigenvalue weighted by molar-refractivity contribution is 5.67.